The number of hydrogen-bond acceptors (Lipinski definition) is 5. The van der Waals surface area contributed by atoms with Crippen molar-refractivity contribution in [2.75, 3.05) is 16.8 Å². The molecule has 0 spiro atoms. The average molecular weight is 364 g/mol. The predicted molar refractivity (Wildman–Crippen MR) is 91.9 cm³/mol. The van der Waals surface area contributed by atoms with Crippen molar-refractivity contribution in [3.63, 3.8) is 0 Å². The summed E-state index contributed by atoms with van der Waals surface area (Å²) in [4.78, 5) is 35.8. The summed E-state index contributed by atoms with van der Waals surface area (Å²) >= 11 is 0. The quantitative estimate of drug-likeness (QED) is 0.750. The molecule has 3 unspecified atom stereocenters. The number of carbonyl (C=O) groups is 3. The second kappa shape index (κ2) is 6.59. The Balaban J connectivity index is 1.53. The highest BCUT2D eigenvalue weighted by molar-refractivity contribution is 7.91. The molecule has 0 radical (unpaired) electrons. The van der Waals surface area contributed by atoms with Gasteiger partial charge < -0.3 is 10.6 Å². The molecule has 2 fully saturated rings. The molecule has 2 amide bonds. The van der Waals surface area contributed by atoms with Crippen molar-refractivity contribution in [1.82, 2.24) is 5.32 Å². The van der Waals surface area contributed by atoms with E-state index in [1.165, 1.54) is 6.92 Å². The van der Waals surface area contributed by atoms with Crippen LogP contribution in [0.15, 0.2) is 24.3 Å². The summed E-state index contributed by atoms with van der Waals surface area (Å²) in [5.41, 5.74) is 1.02. The molecule has 1 saturated carbocycles. The maximum Gasteiger partial charge on any atom is 0.228 e. The number of Topliss-reactive ketones (excluding diaryl/α,β-unsaturated/α-hetero) is 1. The van der Waals surface area contributed by atoms with E-state index in [9.17, 15) is 22.8 Å². The highest BCUT2D eigenvalue weighted by Crippen LogP contribution is 2.39. The molecule has 134 valence electrons. The van der Waals surface area contributed by atoms with Crippen molar-refractivity contribution in [2.45, 2.75) is 25.8 Å². The SMILES string of the molecule is CC(=O)c1cccc(NC(=O)C2CC2C(=O)NC2CCS(=O)(=O)C2)c1. The molecule has 1 aromatic carbocycles. The number of amides is 2. The Kier molecular flexibility index (Phi) is 4.64. The smallest absolute Gasteiger partial charge is 0.228 e. The van der Waals surface area contributed by atoms with E-state index in [0.29, 0.717) is 24.1 Å². The third-order valence-corrected chi connectivity index (χ3v) is 6.35. The fourth-order valence-electron chi connectivity index (χ4n) is 3.04. The third kappa shape index (κ3) is 4.25. The second-order valence-electron chi connectivity index (χ2n) is 6.68. The van der Waals surface area contributed by atoms with Gasteiger partial charge in [-0.15, -0.1) is 0 Å². The Hall–Kier alpha value is -2.22. The maximum atomic E-state index is 12.2. The summed E-state index contributed by atoms with van der Waals surface area (Å²) in [5, 5.41) is 5.45. The lowest BCUT2D eigenvalue weighted by molar-refractivity contribution is -0.125. The molecule has 3 rings (SSSR count). The van der Waals surface area contributed by atoms with Gasteiger partial charge in [0.2, 0.25) is 11.8 Å². The van der Waals surface area contributed by atoms with Crippen molar-refractivity contribution in [2.24, 2.45) is 11.8 Å². The van der Waals surface area contributed by atoms with E-state index in [1.807, 2.05) is 0 Å². The van der Waals surface area contributed by atoms with Gasteiger partial charge in [-0.25, -0.2) is 8.42 Å². The first-order chi connectivity index (χ1) is 11.7. The van der Waals surface area contributed by atoms with E-state index >= 15 is 0 Å². The molecule has 0 bridgehead atoms. The van der Waals surface area contributed by atoms with E-state index < -0.39 is 21.7 Å². The first-order valence-electron chi connectivity index (χ1n) is 8.18. The standard InChI is InChI=1S/C17H20N2O5S/c1-10(20)11-3-2-4-12(7-11)18-16(21)14-8-15(14)17(22)19-13-5-6-25(23,24)9-13/h2-4,7,13-15H,5-6,8-9H2,1H3,(H,18,21)(H,19,22). The van der Waals surface area contributed by atoms with Crippen LogP contribution in [0.25, 0.3) is 0 Å². The number of anilines is 1. The van der Waals surface area contributed by atoms with Gasteiger partial charge in [-0.2, -0.15) is 0 Å². The van der Waals surface area contributed by atoms with Crippen molar-refractivity contribution >= 4 is 33.1 Å². The minimum atomic E-state index is -3.05. The normalized spacial score (nSPS) is 26.7. The molecule has 1 aliphatic heterocycles. The van der Waals surface area contributed by atoms with Crippen molar-refractivity contribution in [3.05, 3.63) is 29.8 Å². The van der Waals surface area contributed by atoms with Crippen LogP contribution in [0.1, 0.15) is 30.1 Å². The van der Waals surface area contributed by atoms with Crippen LogP contribution in [0.3, 0.4) is 0 Å². The molecule has 1 saturated heterocycles. The van der Waals surface area contributed by atoms with Gasteiger partial charge in [-0.1, -0.05) is 12.1 Å². The first kappa shape index (κ1) is 17.6. The minimum absolute atomic E-state index is 0.0276. The molecule has 0 aromatic heterocycles. The van der Waals surface area contributed by atoms with E-state index in [1.54, 1.807) is 24.3 Å². The van der Waals surface area contributed by atoms with Crippen molar-refractivity contribution in [3.8, 4) is 0 Å². The van der Waals surface area contributed by atoms with Crippen molar-refractivity contribution < 1.29 is 22.8 Å². The van der Waals surface area contributed by atoms with Crippen LogP contribution in [0.5, 0.6) is 0 Å². The molecule has 1 aromatic rings. The number of ketones is 1. The van der Waals surface area contributed by atoms with Crippen LogP contribution in [0.4, 0.5) is 5.69 Å². The zero-order valence-corrected chi connectivity index (χ0v) is 14.6. The fourth-order valence-corrected chi connectivity index (χ4v) is 4.72. The average Bonchev–Trinajstić information content (AvgIpc) is 3.27. The lowest BCUT2D eigenvalue weighted by Gasteiger charge is -2.10. The molecule has 8 heteroatoms. The van der Waals surface area contributed by atoms with Gasteiger partial charge in [-0.05, 0) is 31.9 Å². The number of sulfone groups is 1. The van der Waals surface area contributed by atoms with Gasteiger partial charge >= 0.3 is 0 Å². The van der Waals surface area contributed by atoms with Crippen LogP contribution in [-0.4, -0.2) is 43.6 Å². The number of nitrogens with one attached hydrogen (secondary N) is 2. The van der Waals surface area contributed by atoms with Crippen LogP contribution < -0.4 is 10.6 Å². The fraction of sp³-hybridized carbons (Fsp3) is 0.471. The van der Waals surface area contributed by atoms with E-state index in [-0.39, 0.29) is 35.1 Å². The number of rotatable bonds is 5. The van der Waals surface area contributed by atoms with Crippen LogP contribution in [0, 0.1) is 11.8 Å². The Labute approximate surface area is 146 Å². The maximum absolute atomic E-state index is 12.2. The highest BCUT2D eigenvalue weighted by Gasteiger charge is 2.48. The van der Waals surface area contributed by atoms with E-state index in [4.69, 9.17) is 0 Å². The molecule has 2 N–H and O–H groups in total. The van der Waals surface area contributed by atoms with Gasteiger partial charge in [-0.3, -0.25) is 14.4 Å². The molecule has 7 nitrogen and oxygen atoms in total. The lowest BCUT2D eigenvalue weighted by Crippen LogP contribution is -2.37. The molecule has 1 aliphatic carbocycles. The number of benzene rings is 1. The minimum Gasteiger partial charge on any atom is -0.352 e. The van der Waals surface area contributed by atoms with Crippen molar-refractivity contribution in [1.29, 1.82) is 0 Å². The van der Waals surface area contributed by atoms with Crippen LogP contribution in [-0.2, 0) is 19.4 Å². The summed E-state index contributed by atoms with van der Waals surface area (Å²) in [6.45, 7) is 1.45. The third-order valence-electron chi connectivity index (χ3n) is 4.58. The van der Waals surface area contributed by atoms with Crippen LogP contribution in [0.2, 0.25) is 0 Å². The van der Waals surface area contributed by atoms with Gasteiger partial charge in [0.15, 0.2) is 15.6 Å². The Morgan fingerprint density at radius 1 is 1.12 bits per heavy atom. The molecule has 2 aliphatic rings. The summed E-state index contributed by atoms with van der Waals surface area (Å²) in [6.07, 6.45) is 0.874. The second-order valence-corrected chi connectivity index (χ2v) is 8.91. The summed E-state index contributed by atoms with van der Waals surface area (Å²) in [6, 6.07) is 6.28. The zero-order valence-electron chi connectivity index (χ0n) is 13.8. The summed E-state index contributed by atoms with van der Waals surface area (Å²) in [5.74, 6) is -1.39. The largest absolute Gasteiger partial charge is 0.352 e. The number of hydrogen-bond donors (Lipinski definition) is 2. The first-order valence-corrected chi connectivity index (χ1v) is 10.00. The van der Waals surface area contributed by atoms with Gasteiger partial charge in [0, 0.05) is 17.3 Å². The zero-order chi connectivity index (χ0) is 18.2. The van der Waals surface area contributed by atoms with Crippen LogP contribution >= 0.6 is 0 Å². The molecule has 1 heterocycles. The molecule has 25 heavy (non-hydrogen) atoms. The van der Waals surface area contributed by atoms with Gasteiger partial charge in [0.25, 0.3) is 0 Å². The summed E-state index contributed by atoms with van der Waals surface area (Å²) < 4.78 is 22.8. The Morgan fingerprint density at radius 3 is 2.48 bits per heavy atom. The van der Waals surface area contributed by atoms with E-state index in [0.717, 1.165) is 0 Å². The number of carbonyl (C=O) groups excluding carboxylic acids is 3. The lowest BCUT2D eigenvalue weighted by atomic mass is 10.1. The molecular formula is C17H20N2O5S. The predicted octanol–water partition coefficient (Wildman–Crippen LogP) is 0.767. The topological polar surface area (TPSA) is 109 Å². The Bertz CT molecular complexity index is 833. The van der Waals surface area contributed by atoms with Gasteiger partial charge in [0.1, 0.15) is 0 Å². The monoisotopic (exact) mass is 364 g/mol. The highest BCUT2D eigenvalue weighted by atomic mass is 32.2. The molecular weight excluding hydrogens is 344 g/mol. The van der Waals surface area contributed by atoms with Gasteiger partial charge in [0.05, 0.1) is 23.3 Å². The molecule has 3 atom stereocenters. The van der Waals surface area contributed by atoms with E-state index in [2.05, 4.69) is 10.6 Å². The summed E-state index contributed by atoms with van der Waals surface area (Å²) in [7, 11) is -3.05. The Morgan fingerprint density at radius 2 is 1.84 bits per heavy atom.